The molecule has 3 fully saturated rings. The van der Waals surface area contributed by atoms with Crippen LogP contribution in [0.4, 0.5) is 5.13 Å². The first-order valence-electron chi connectivity index (χ1n) is 10.9. The fraction of sp³-hybridized carbons (Fsp3) is 0.636. The zero-order valence-electron chi connectivity index (χ0n) is 16.9. The largest absolute Gasteiger partial charge is 0.365 e. The van der Waals surface area contributed by atoms with Gasteiger partial charge >= 0.3 is 0 Å². The Labute approximate surface area is 176 Å². The van der Waals surface area contributed by atoms with Crippen LogP contribution in [-0.2, 0) is 9.53 Å². The summed E-state index contributed by atoms with van der Waals surface area (Å²) in [4.78, 5) is 21.7. The fourth-order valence-corrected chi connectivity index (χ4v) is 5.33. The van der Waals surface area contributed by atoms with Crippen molar-refractivity contribution < 1.29 is 9.53 Å². The number of benzene rings is 1. The van der Waals surface area contributed by atoms with E-state index in [1.165, 1.54) is 50.0 Å². The van der Waals surface area contributed by atoms with E-state index in [0.29, 0.717) is 19.0 Å². The monoisotopic (exact) mass is 414 g/mol. The van der Waals surface area contributed by atoms with E-state index in [1.807, 2.05) is 23.1 Å². The predicted octanol–water partition coefficient (Wildman–Crippen LogP) is 3.06. The van der Waals surface area contributed by atoms with Gasteiger partial charge in [0.1, 0.15) is 6.61 Å². The zero-order chi connectivity index (χ0) is 19.6. The van der Waals surface area contributed by atoms with Crippen LogP contribution in [0.1, 0.15) is 25.7 Å². The van der Waals surface area contributed by atoms with Gasteiger partial charge in [0.25, 0.3) is 0 Å². The van der Waals surface area contributed by atoms with Gasteiger partial charge in [-0.1, -0.05) is 23.5 Å². The van der Waals surface area contributed by atoms with Crippen LogP contribution < -0.4 is 5.32 Å². The van der Waals surface area contributed by atoms with Gasteiger partial charge in [0.2, 0.25) is 5.91 Å². The van der Waals surface area contributed by atoms with Gasteiger partial charge in [0.05, 0.1) is 16.3 Å². The van der Waals surface area contributed by atoms with Crippen molar-refractivity contribution in [2.45, 2.75) is 31.8 Å². The SMILES string of the molecule is O=C1COC(CNc2nc3ccccc3s2)CN1CC1CCN(CC2CC2)CC1. The number of rotatable bonds is 7. The first-order valence-corrected chi connectivity index (χ1v) is 11.8. The molecular formula is C22H30N4O2S. The number of nitrogens with zero attached hydrogens (tertiary/aromatic N) is 3. The Kier molecular flexibility index (Phi) is 5.70. The highest BCUT2D eigenvalue weighted by molar-refractivity contribution is 7.22. The summed E-state index contributed by atoms with van der Waals surface area (Å²) in [5.74, 6) is 1.74. The van der Waals surface area contributed by atoms with Crippen molar-refractivity contribution in [3.8, 4) is 0 Å². The van der Waals surface area contributed by atoms with Crippen LogP contribution in [0.15, 0.2) is 24.3 Å². The van der Waals surface area contributed by atoms with Crippen LogP contribution in [-0.4, -0.2) is 72.7 Å². The molecule has 29 heavy (non-hydrogen) atoms. The van der Waals surface area contributed by atoms with E-state index in [2.05, 4.69) is 21.3 Å². The summed E-state index contributed by atoms with van der Waals surface area (Å²) >= 11 is 1.66. The molecule has 1 unspecified atom stereocenters. The van der Waals surface area contributed by atoms with Crippen LogP contribution in [0.2, 0.25) is 0 Å². The third-order valence-electron chi connectivity index (χ3n) is 6.39. The quantitative estimate of drug-likeness (QED) is 0.755. The molecule has 1 amide bonds. The van der Waals surface area contributed by atoms with E-state index >= 15 is 0 Å². The van der Waals surface area contributed by atoms with Crippen molar-refractivity contribution in [3.63, 3.8) is 0 Å². The average Bonchev–Trinajstić information content (AvgIpc) is 3.45. The van der Waals surface area contributed by atoms with Gasteiger partial charge in [-0.05, 0) is 62.7 Å². The van der Waals surface area contributed by atoms with Crippen molar-refractivity contribution in [3.05, 3.63) is 24.3 Å². The highest BCUT2D eigenvalue weighted by Crippen LogP contribution is 2.31. The standard InChI is InChI=1S/C22H30N4O2S/c27-21-15-28-18(11-23-22-24-19-3-1-2-4-20(19)29-22)14-26(21)13-17-7-9-25(10-8-17)12-16-5-6-16/h1-4,16-18H,5-15H2,(H,23,24). The number of thiazole rings is 1. The van der Waals surface area contributed by atoms with E-state index < -0.39 is 0 Å². The molecule has 2 saturated heterocycles. The zero-order valence-corrected chi connectivity index (χ0v) is 17.7. The fourth-order valence-electron chi connectivity index (χ4n) is 4.46. The number of likely N-dealkylation sites (tertiary alicyclic amines) is 1. The molecule has 156 valence electrons. The van der Waals surface area contributed by atoms with Crippen molar-refractivity contribution in [1.82, 2.24) is 14.8 Å². The molecule has 3 heterocycles. The average molecular weight is 415 g/mol. The number of aromatic nitrogens is 1. The minimum Gasteiger partial charge on any atom is -0.365 e. The van der Waals surface area contributed by atoms with Crippen LogP contribution in [0.25, 0.3) is 10.2 Å². The summed E-state index contributed by atoms with van der Waals surface area (Å²) in [5.41, 5.74) is 1.02. The minimum atomic E-state index is 0.0228. The molecule has 6 nitrogen and oxygen atoms in total. The molecule has 1 aromatic carbocycles. The van der Waals surface area contributed by atoms with Gasteiger partial charge in [0.15, 0.2) is 5.13 Å². The lowest BCUT2D eigenvalue weighted by molar-refractivity contribution is -0.149. The van der Waals surface area contributed by atoms with E-state index in [1.54, 1.807) is 11.3 Å². The normalized spacial score (nSPS) is 24.3. The number of para-hydroxylation sites is 1. The minimum absolute atomic E-state index is 0.0228. The Balaban J connectivity index is 1.10. The van der Waals surface area contributed by atoms with Crippen LogP contribution >= 0.6 is 11.3 Å². The van der Waals surface area contributed by atoms with Gasteiger partial charge in [-0.3, -0.25) is 4.79 Å². The van der Waals surface area contributed by atoms with Crippen molar-refractivity contribution in [1.29, 1.82) is 0 Å². The third kappa shape index (κ3) is 4.90. The Hall–Kier alpha value is -1.70. The summed E-state index contributed by atoms with van der Waals surface area (Å²) in [6.45, 7) is 6.14. The number of carbonyl (C=O) groups is 1. The molecule has 2 aromatic rings. The lowest BCUT2D eigenvalue weighted by Gasteiger charge is -2.38. The maximum absolute atomic E-state index is 12.4. The summed E-state index contributed by atoms with van der Waals surface area (Å²) in [7, 11) is 0. The van der Waals surface area contributed by atoms with Crippen molar-refractivity contribution in [2.24, 2.45) is 11.8 Å². The lowest BCUT2D eigenvalue weighted by Crippen LogP contribution is -2.51. The summed E-state index contributed by atoms with van der Waals surface area (Å²) in [6, 6.07) is 8.17. The van der Waals surface area contributed by atoms with Crippen LogP contribution in [0.5, 0.6) is 0 Å². The number of hydrogen-bond donors (Lipinski definition) is 1. The topological polar surface area (TPSA) is 57.7 Å². The second-order valence-corrected chi connectivity index (χ2v) is 9.82. The highest BCUT2D eigenvalue weighted by Gasteiger charge is 2.31. The van der Waals surface area contributed by atoms with Gasteiger partial charge in [-0.25, -0.2) is 4.98 Å². The summed E-state index contributed by atoms with van der Waals surface area (Å²) < 4.78 is 6.97. The number of anilines is 1. The highest BCUT2D eigenvalue weighted by atomic mass is 32.1. The van der Waals surface area contributed by atoms with Crippen molar-refractivity contribution >= 4 is 32.6 Å². The Bertz CT molecular complexity index is 811. The van der Waals surface area contributed by atoms with Gasteiger partial charge in [-0.2, -0.15) is 0 Å². The maximum atomic E-state index is 12.4. The maximum Gasteiger partial charge on any atom is 0.248 e. The molecule has 0 radical (unpaired) electrons. The summed E-state index contributed by atoms with van der Waals surface area (Å²) in [6.07, 6.45) is 5.30. The Morgan fingerprint density at radius 2 is 1.90 bits per heavy atom. The number of fused-ring (bicyclic) bond motifs is 1. The van der Waals surface area contributed by atoms with E-state index in [-0.39, 0.29) is 18.6 Å². The molecule has 2 aliphatic heterocycles. The second kappa shape index (κ2) is 8.58. The Morgan fingerprint density at radius 3 is 2.69 bits per heavy atom. The van der Waals surface area contributed by atoms with Gasteiger partial charge in [0, 0.05) is 26.2 Å². The first kappa shape index (κ1) is 19.3. The summed E-state index contributed by atoms with van der Waals surface area (Å²) in [5, 5.41) is 4.33. The molecule has 1 N–H and O–H groups in total. The van der Waals surface area contributed by atoms with E-state index in [9.17, 15) is 4.79 Å². The smallest absolute Gasteiger partial charge is 0.248 e. The molecule has 1 aliphatic carbocycles. The second-order valence-electron chi connectivity index (χ2n) is 8.79. The van der Waals surface area contributed by atoms with E-state index in [4.69, 9.17) is 4.74 Å². The molecule has 7 heteroatoms. The molecule has 0 spiro atoms. The number of piperidine rings is 1. The third-order valence-corrected chi connectivity index (χ3v) is 7.39. The number of ether oxygens (including phenoxy) is 1. The molecule has 5 rings (SSSR count). The number of nitrogens with one attached hydrogen (secondary N) is 1. The molecule has 0 bridgehead atoms. The van der Waals surface area contributed by atoms with Gasteiger partial charge in [-0.15, -0.1) is 0 Å². The Morgan fingerprint density at radius 1 is 1.10 bits per heavy atom. The number of amides is 1. The van der Waals surface area contributed by atoms with Crippen LogP contribution in [0.3, 0.4) is 0 Å². The number of morpholine rings is 1. The first-order chi connectivity index (χ1) is 14.2. The molecule has 3 aliphatic rings. The number of hydrogen-bond acceptors (Lipinski definition) is 6. The van der Waals surface area contributed by atoms with Gasteiger partial charge < -0.3 is 19.9 Å². The molecular weight excluding hydrogens is 384 g/mol. The predicted molar refractivity (Wildman–Crippen MR) is 116 cm³/mol. The van der Waals surface area contributed by atoms with Crippen LogP contribution in [0, 0.1) is 11.8 Å². The van der Waals surface area contributed by atoms with E-state index in [0.717, 1.165) is 23.1 Å². The molecule has 1 atom stereocenters. The molecule has 1 saturated carbocycles. The molecule has 1 aromatic heterocycles. The number of carbonyl (C=O) groups excluding carboxylic acids is 1. The lowest BCUT2D eigenvalue weighted by atomic mass is 9.95. The van der Waals surface area contributed by atoms with Crippen molar-refractivity contribution in [2.75, 3.05) is 51.2 Å².